The predicted molar refractivity (Wildman–Crippen MR) is 85.4 cm³/mol. The van der Waals surface area contributed by atoms with Gasteiger partial charge in [-0.25, -0.2) is 0 Å². The van der Waals surface area contributed by atoms with Gasteiger partial charge in [0.2, 0.25) is 0 Å². The largest absolute Gasteiger partial charge is 0.392 e. The molecule has 2 aliphatic carbocycles. The van der Waals surface area contributed by atoms with Crippen LogP contribution in [0.4, 0.5) is 0 Å². The molecule has 1 heterocycles. The molecule has 1 aromatic heterocycles. The number of hydrogen-bond acceptors (Lipinski definition) is 3. The lowest BCUT2D eigenvalue weighted by molar-refractivity contribution is 0.115. The highest BCUT2D eigenvalue weighted by Crippen LogP contribution is 2.33. The van der Waals surface area contributed by atoms with Gasteiger partial charge >= 0.3 is 0 Å². The van der Waals surface area contributed by atoms with Crippen LogP contribution in [-0.4, -0.2) is 17.3 Å². The van der Waals surface area contributed by atoms with Crippen molar-refractivity contribution in [2.24, 2.45) is 0 Å². The van der Waals surface area contributed by atoms with Gasteiger partial charge in [0.25, 0.3) is 0 Å². The summed E-state index contributed by atoms with van der Waals surface area (Å²) in [5, 5.41) is 13.9. The van der Waals surface area contributed by atoms with Crippen molar-refractivity contribution in [1.82, 2.24) is 5.32 Å². The van der Waals surface area contributed by atoms with Crippen molar-refractivity contribution < 1.29 is 5.11 Å². The first-order valence-electron chi connectivity index (χ1n) is 8.29. The van der Waals surface area contributed by atoms with E-state index in [1.54, 1.807) is 10.4 Å². The lowest BCUT2D eigenvalue weighted by atomic mass is 9.98. The fraction of sp³-hybridized carbons (Fsp3) is 0.765. The van der Waals surface area contributed by atoms with E-state index in [1.807, 2.05) is 11.3 Å². The molecule has 112 valence electrons. The van der Waals surface area contributed by atoms with Gasteiger partial charge in [0.05, 0.1) is 6.10 Å². The maximum atomic E-state index is 10.2. The summed E-state index contributed by atoms with van der Waals surface area (Å²) in [4.78, 5) is 3.08. The number of nitrogens with one attached hydrogen (secondary N) is 1. The molecule has 0 spiro atoms. The molecule has 0 aromatic carbocycles. The molecular weight excluding hydrogens is 266 g/mol. The smallest absolute Gasteiger partial charge is 0.0693 e. The second-order valence-electron chi connectivity index (χ2n) is 6.50. The minimum Gasteiger partial charge on any atom is -0.392 e. The minimum atomic E-state index is -0.158. The number of rotatable bonds is 3. The fourth-order valence-corrected chi connectivity index (χ4v) is 4.88. The molecule has 3 atom stereocenters. The Morgan fingerprint density at radius 1 is 1.15 bits per heavy atom. The third-order valence-electron chi connectivity index (χ3n) is 4.89. The number of thiophene rings is 1. The Morgan fingerprint density at radius 2 is 1.95 bits per heavy atom. The van der Waals surface area contributed by atoms with Gasteiger partial charge in [-0.3, -0.25) is 0 Å². The van der Waals surface area contributed by atoms with Crippen molar-refractivity contribution in [2.75, 3.05) is 0 Å². The van der Waals surface area contributed by atoms with Crippen LogP contribution in [0.15, 0.2) is 6.07 Å². The van der Waals surface area contributed by atoms with Gasteiger partial charge in [-0.2, -0.15) is 0 Å². The lowest BCUT2D eigenvalue weighted by Gasteiger charge is -2.25. The molecule has 1 fully saturated rings. The second-order valence-corrected chi connectivity index (χ2v) is 7.67. The Balaban J connectivity index is 1.65. The molecule has 3 unspecified atom stereocenters. The molecule has 2 N–H and O–H groups in total. The standard InChI is InChI=1S/C17H27NOS/c1-12(18-14-8-3-2-4-9-15(14)19)17-11-13-7-5-6-10-16(13)20-17/h11-12,14-15,18-19H,2-10H2,1H3. The van der Waals surface area contributed by atoms with Crippen LogP contribution in [0.5, 0.6) is 0 Å². The van der Waals surface area contributed by atoms with E-state index in [1.165, 1.54) is 49.8 Å². The summed E-state index contributed by atoms with van der Waals surface area (Å²) in [5.41, 5.74) is 1.59. The molecule has 2 nitrogen and oxygen atoms in total. The Morgan fingerprint density at radius 3 is 2.80 bits per heavy atom. The fourth-order valence-electron chi connectivity index (χ4n) is 3.61. The van der Waals surface area contributed by atoms with E-state index in [0.717, 1.165) is 12.8 Å². The summed E-state index contributed by atoms with van der Waals surface area (Å²) in [6.45, 7) is 2.26. The van der Waals surface area contributed by atoms with Gasteiger partial charge in [0.15, 0.2) is 0 Å². The van der Waals surface area contributed by atoms with Crippen LogP contribution in [-0.2, 0) is 12.8 Å². The van der Waals surface area contributed by atoms with E-state index >= 15 is 0 Å². The predicted octanol–water partition coefficient (Wildman–Crippen LogP) is 3.97. The summed E-state index contributed by atoms with van der Waals surface area (Å²) in [7, 11) is 0. The van der Waals surface area contributed by atoms with Crippen molar-refractivity contribution in [1.29, 1.82) is 0 Å². The third-order valence-corrected chi connectivity index (χ3v) is 6.31. The maximum absolute atomic E-state index is 10.2. The molecule has 0 radical (unpaired) electrons. The quantitative estimate of drug-likeness (QED) is 0.827. The second kappa shape index (κ2) is 6.59. The topological polar surface area (TPSA) is 32.3 Å². The lowest BCUT2D eigenvalue weighted by Crippen LogP contribution is -2.40. The van der Waals surface area contributed by atoms with Crippen LogP contribution in [0.25, 0.3) is 0 Å². The van der Waals surface area contributed by atoms with Gasteiger partial charge in [-0.15, -0.1) is 11.3 Å². The first-order chi connectivity index (χ1) is 9.74. The SMILES string of the molecule is CC(NC1CCCCCC1O)c1cc2c(s1)CCCC2. The number of hydrogen-bond donors (Lipinski definition) is 2. The normalized spacial score (nSPS) is 28.7. The van der Waals surface area contributed by atoms with Gasteiger partial charge in [0, 0.05) is 21.8 Å². The molecule has 1 saturated carbocycles. The number of aliphatic hydroxyl groups excluding tert-OH is 1. The van der Waals surface area contributed by atoms with Gasteiger partial charge < -0.3 is 10.4 Å². The molecule has 3 heteroatoms. The van der Waals surface area contributed by atoms with Crippen LogP contribution in [0.3, 0.4) is 0 Å². The zero-order valence-corrected chi connectivity index (χ0v) is 13.3. The molecule has 0 amide bonds. The minimum absolute atomic E-state index is 0.158. The first kappa shape index (κ1) is 14.6. The molecule has 1 aromatic rings. The Kier molecular flexibility index (Phi) is 4.79. The molecule has 20 heavy (non-hydrogen) atoms. The van der Waals surface area contributed by atoms with E-state index in [9.17, 15) is 5.11 Å². The average Bonchev–Trinajstić information content (AvgIpc) is 2.79. The van der Waals surface area contributed by atoms with E-state index in [2.05, 4.69) is 18.3 Å². The highest BCUT2D eigenvalue weighted by molar-refractivity contribution is 7.12. The Labute approximate surface area is 126 Å². The van der Waals surface area contributed by atoms with Gasteiger partial charge in [-0.05, 0) is 57.1 Å². The number of aryl methyl sites for hydroxylation is 2. The molecule has 0 saturated heterocycles. The van der Waals surface area contributed by atoms with Crippen molar-refractivity contribution in [3.05, 3.63) is 21.4 Å². The van der Waals surface area contributed by atoms with Gasteiger partial charge in [-0.1, -0.05) is 19.3 Å². The summed E-state index contributed by atoms with van der Waals surface area (Å²) in [6.07, 6.45) is 10.9. The summed E-state index contributed by atoms with van der Waals surface area (Å²) < 4.78 is 0. The number of aliphatic hydroxyl groups is 1. The van der Waals surface area contributed by atoms with Crippen molar-refractivity contribution >= 4 is 11.3 Å². The number of fused-ring (bicyclic) bond motifs is 1. The first-order valence-corrected chi connectivity index (χ1v) is 9.11. The third kappa shape index (κ3) is 3.26. The van der Waals surface area contributed by atoms with Crippen molar-refractivity contribution in [3.63, 3.8) is 0 Å². The van der Waals surface area contributed by atoms with Gasteiger partial charge in [0.1, 0.15) is 0 Å². The average molecular weight is 293 g/mol. The summed E-state index contributed by atoms with van der Waals surface area (Å²) in [6, 6.07) is 3.08. The Bertz CT molecular complexity index is 419. The maximum Gasteiger partial charge on any atom is 0.0693 e. The van der Waals surface area contributed by atoms with Crippen LogP contribution in [0.1, 0.15) is 73.2 Å². The van der Waals surface area contributed by atoms with E-state index in [0.29, 0.717) is 6.04 Å². The van der Waals surface area contributed by atoms with Crippen molar-refractivity contribution in [3.8, 4) is 0 Å². The van der Waals surface area contributed by atoms with E-state index in [-0.39, 0.29) is 12.1 Å². The zero-order valence-electron chi connectivity index (χ0n) is 12.5. The van der Waals surface area contributed by atoms with E-state index in [4.69, 9.17) is 0 Å². The molecular formula is C17H27NOS. The molecule has 2 aliphatic rings. The summed E-state index contributed by atoms with van der Waals surface area (Å²) in [5.74, 6) is 0. The molecule has 0 aliphatic heterocycles. The van der Waals surface area contributed by atoms with Crippen molar-refractivity contribution in [2.45, 2.75) is 82.9 Å². The highest BCUT2D eigenvalue weighted by Gasteiger charge is 2.24. The van der Waals surface area contributed by atoms with Crippen LogP contribution >= 0.6 is 11.3 Å². The van der Waals surface area contributed by atoms with Crippen LogP contribution < -0.4 is 5.32 Å². The highest BCUT2D eigenvalue weighted by atomic mass is 32.1. The Hall–Kier alpha value is -0.380. The zero-order chi connectivity index (χ0) is 13.9. The van der Waals surface area contributed by atoms with Crippen LogP contribution in [0.2, 0.25) is 0 Å². The van der Waals surface area contributed by atoms with E-state index < -0.39 is 0 Å². The monoisotopic (exact) mass is 293 g/mol. The van der Waals surface area contributed by atoms with Crippen LogP contribution in [0, 0.1) is 0 Å². The molecule has 3 rings (SSSR count). The summed E-state index contributed by atoms with van der Waals surface area (Å²) >= 11 is 1.99. The molecule has 0 bridgehead atoms.